The van der Waals surface area contributed by atoms with Crippen molar-refractivity contribution in [3.63, 3.8) is 0 Å². The molecule has 70 valence electrons. The molecule has 1 N–H and O–H groups in total. The predicted molar refractivity (Wildman–Crippen MR) is 46.9 cm³/mol. The van der Waals surface area contributed by atoms with Crippen LogP contribution in [0.2, 0.25) is 0 Å². The van der Waals surface area contributed by atoms with Gasteiger partial charge in [0.1, 0.15) is 0 Å². The first-order chi connectivity index (χ1) is 4.81. The molecule has 1 heterocycles. The van der Waals surface area contributed by atoms with Gasteiger partial charge < -0.3 is 9.94 Å². The molecule has 0 saturated carbocycles. The van der Waals surface area contributed by atoms with Crippen LogP contribution in [0.4, 0.5) is 0 Å². The molecule has 0 unspecified atom stereocenters. The molecule has 0 atom stereocenters. The maximum Gasteiger partial charge on any atom is 0.0617 e. The van der Waals surface area contributed by atoms with E-state index in [1.807, 2.05) is 0 Å². The third-order valence-electron chi connectivity index (χ3n) is 0.987. The van der Waals surface area contributed by atoms with Gasteiger partial charge in [0.15, 0.2) is 0 Å². The maximum atomic E-state index is 8.66. The summed E-state index contributed by atoms with van der Waals surface area (Å²) in [6.45, 7) is 6.88. The van der Waals surface area contributed by atoms with Crippen LogP contribution in [0.1, 0.15) is 27.7 Å². The minimum Gasteiger partial charge on any atom is -0.379 e. The lowest BCUT2D eigenvalue weighted by molar-refractivity contribution is -0.143. The van der Waals surface area contributed by atoms with Crippen molar-refractivity contribution in [3.8, 4) is 0 Å². The van der Waals surface area contributed by atoms with Crippen molar-refractivity contribution in [2.24, 2.45) is 0 Å². The van der Waals surface area contributed by atoms with Crippen LogP contribution in [0.5, 0.6) is 0 Å². The van der Waals surface area contributed by atoms with E-state index in [1.165, 1.54) is 11.5 Å². The average molecular weight is 163 g/mol. The molecule has 0 aromatic rings. The number of ether oxygens (including phenoxy) is 1. The average Bonchev–Trinajstić information content (AvgIpc) is 1.91. The fourth-order valence-corrected chi connectivity index (χ4v) is 0.554. The normalized spacial score (nSPS) is 17.7. The Bertz CT molecular complexity index is 63.1. The molecule has 0 aromatic heterocycles. The summed E-state index contributed by atoms with van der Waals surface area (Å²) in [6, 6.07) is 0. The van der Waals surface area contributed by atoms with Crippen molar-refractivity contribution in [2.75, 3.05) is 26.3 Å². The van der Waals surface area contributed by atoms with Gasteiger partial charge in [0.05, 0.1) is 13.2 Å². The molecule has 0 radical (unpaired) electrons. The second kappa shape index (κ2) is 9.88. The quantitative estimate of drug-likeness (QED) is 0.590. The summed E-state index contributed by atoms with van der Waals surface area (Å²) in [5.74, 6) is 0. The van der Waals surface area contributed by atoms with E-state index in [0.29, 0.717) is 26.3 Å². The first-order valence-corrected chi connectivity index (χ1v) is 3.82. The lowest BCUT2D eigenvalue weighted by Gasteiger charge is -2.19. The van der Waals surface area contributed by atoms with Crippen molar-refractivity contribution in [1.29, 1.82) is 0 Å². The van der Waals surface area contributed by atoms with E-state index in [0.717, 1.165) is 0 Å². The van der Waals surface area contributed by atoms with Crippen molar-refractivity contribution >= 4 is 0 Å². The van der Waals surface area contributed by atoms with Gasteiger partial charge in [0.25, 0.3) is 0 Å². The largest absolute Gasteiger partial charge is 0.379 e. The minimum atomic E-state index is 0. The summed E-state index contributed by atoms with van der Waals surface area (Å²) in [7, 11) is 0. The van der Waals surface area contributed by atoms with Gasteiger partial charge in [-0.2, -0.15) is 5.06 Å². The summed E-state index contributed by atoms with van der Waals surface area (Å²) < 4.78 is 4.94. The molecule has 1 aliphatic heterocycles. The first kappa shape index (κ1) is 13.5. The van der Waals surface area contributed by atoms with Crippen molar-refractivity contribution in [1.82, 2.24) is 5.06 Å². The maximum absolute atomic E-state index is 8.66. The molecule has 3 heteroatoms. The van der Waals surface area contributed by atoms with Gasteiger partial charge in [-0.3, -0.25) is 0 Å². The van der Waals surface area contributed by atoms with Crippen LogP contribution < -0.4 is 0 Å². The number of hydrogen-bond acceptors (Lipinski definition) is 3. The van der Waals surface area contributed by atoms with Crippen molar-refractivity contribution in [2.45, 2.75) is 27.7 Å². The third kappa shape index (κ3) is 9.88. The van der Waals surface area contributed by atoms with E-state index in [2.05, 4.69) is 13.8 Å². The molecule has 1 saturated heterocycles. The Morgan fingerprint density at radius 1 is 1.27 bits per heavy atom. The van der Waals surface area contributed by atoms with Gasteiger partial charge in [0.2, 0.25) is 0 Å². The molecule has 1 fully saturated rings. The smallest absolute Gasteiger partial charge is 0.0617 e. The van der Waals surface area contributed by atoms with Crippen LogP contribution >= 0.6 is 0 Å². The zero-order chi connectivity index (χ0) is 7.82. The second-order valence-electron chi connectivity index (χ2n) is 2.27. The van der Waals surface area contributed by atoms with E-state index in [9.17, 15) is 0 Å². The fraction of sp³-hybridized carbons (Fsp3) is 1.00. The fourth-order valence-electron chi connectivity index (χ4n) is 0.554. The monoisotopic (exact) mass is 163 g/mol. The van der Waals surface area contributed by atoms with Crippen LogP contribution in [-0.2, 0) is 4.74 Å². The Kier molecular flexibility index (Phi) is 12.1. The Labute approximate surface area is 69.9 Å². The molecule has 0 aliphatic carbocycles. The van der Waals surface area contributed by atoms with Gasteiger partial charge in [-0.15, -0.1) is 0 Å². The number of hydroxylamine groups is 2. The summed E-state index contributed by atoms with van der Waals surface area (Å²) in [5, 5.41) is 9.93. The summed E-state index contributed by atoms with van der Waals surface area (Å²) in [4.78, 5) is 0. The van der Waals surface area contributed by atoms with Crippen molar-refractivity contribution < 1.29 is 9.94 Å². The highest BCUT2D eigenvalue weighted by Crippen LogP contribution is 1.89. The van der Waals surface area contributed by atoms with E-state index in [1.54, 1.807) is 0 Å². The summed E-state index contributed by atoms with van der Waals surface area (Å²) >= 11 is 0. The SMILES string of the molecule is C.CCC.ON1CCOCC1. The predicted octanol–water partition coefficient (Wildman–Crippen LogP) is 1.76. The Morgan fingerprint density at radius 2 is 1.64 bits per heavy atom. The molecule has 0 aromatic carbocycles. The summed E-state index contributed by atoms with van der Waals surface area (Å²) in [5.41, 5.74) is 0. The molecule has 0 bridgehead atoms. The lowest BCUT2D eigenvalue weighted by Crippen LogP contribution is -2.33. The molecule has 0 spiro atoms. The highest BCUT2D eigenvalue weighted by atomic mass is 16.5. The molecule has 0 amide bonds. The van der Waals surface area contributed by atoms with Gasteiger partial charge in [-0.1, -0.05) is 27.7 Å². The number of nitrogens with zero attached hydrogens (tertiary/aromatic N) is 1. The van der Waals surface area contributed by atoms with E-state index < -0.39 is 0 Å². The van der Waals surface area contributed by atoms with E-state index in [4.69, 9.17) is 9.94 Å². The Hall–Kier alpha value is -0.120. The van der Waals surface area contributed by atoms with Crippen LogP contribution in [0.3, 0.4) is 0 Å². The zero-order valence-electron chi connectivity index (χ0n) is 6.84. The Balaban J connectivity index is 0. The van der Waals surface area contributed by atoms with Gasteiger partial charge in [0, 0.05) is 13.1 Å². The third-order valence-corrected chi connectivity index (χ3v) is 0.987. The van der Waals surface area contributed by atoms with Crippen LogP contribution in [-0.4, -0.2) is 36.6 Å². The van der Waals surface area contributed by atoms with Gasteiger partial charge >= 0.3 is 0 Å². The second-order valence-corrected chi connectivity index (χ2v) is 2.27. The first-order valence-electron chi connectivity index (χ1n) is 3.82. The van der Waals surface area contributed by atoms with Crippen LogP contribution in [0.25, 0.3) is 0 Å². The van der Waals surface area contributed by atoms with Crippen molar-refractivity contribution in [3.05, 3.63) is 0 Å². The topological polar surface area (TPSA) is 32.7 Å². The van der Waals surface area contributed by atoms with Crippen LogP contribution in [0, 0.1) is 0 Å². The summed E-state index contributed by atoms with van der Waals surface area (Å²) in [6.07, 6.45) is 1.25. The number of morpholine rings is 1. The lowest BCUT2D eigenvalue weighted by atomic mass is 10.5. The van der Waals surface area contributed by atoms with Gasteiger partial charge in [-0.25, -0.2) is 0 Å². The Morgan fingerprint density at radius 3 is 1.82 bits per heavy atom. The van der Waals surface area contributed by atoms with Crippen LogP contribution in [0.15, 0.2) is 0 Å². The highest BCUT2D eigenvalue weighted by molar-refractivity contribution is 4.48. The highest BCUT2D eigenvalue weighted by Gasteiger charge is 2.04. The molecule has 11 heavy (non-hydrogen) atoms. The molecular formula is C8H21NO2. The number of rotatable bonds is 0. The molecule has 1 aliphatic rings. The molecule has 3 nitrogen and oxygen atoms in total. The molecular weight excluding hydrogens is 142 g/mol. The number of hydrogen-bond donors (Lipinski definition) is 1. The van der Waals surface area contributed by atoms with E-state index >= 15 is 0 Å². The van der Waals surface area contributed by atoms with E-state index in [-0.39, 0.29) is 7.43 Å². The zero-order valence-corrected chi connectivity index (χ0v) is 6.84. The minimum absolute atomic E-state index is 0. The standard InChI is InChI=1S/C4H9NO2.C3H8.CH4/c6-5-1-3-7-4-2-5;1-3-2;/h6H,1-4H2;3H2,1-2H3;1H4. The van der Waals surface area contributed by atoms with Gasteiger partial charge in [-0.05, 0) is 0 Å². The molecule has 1 rings (SSSR count).